The van der Waals surface area contributed by atoms with Crippen molar-refractivity contribution >= 4 is 21.7 Å². The second-order valence-corrected chi connectivity index (χ2v) is 5.06. The molecule has 2 nitrogen and oxygen atoms in total. The van der Waals surface area contributed by atoms with E-state index in [4.69, 9.17) is 0 Å². The number of benzene rings is 1. The normalized spacial score (nSPS) is 20.2. The summed E-state index contributed by atoms with van der Waals surface area (Å²) in [5, 5.41) is 0. The quantitative estimate of drug-likeness (QED) is 0.816. The Morgan fingerprint density at radius 2 is 2.06 bits per heavy atom. The third kappa shape index (κ3) is 3.04. The van der Waals surface area contributed by atoms with Crippen LogP contribution in [0.15, 0.2) is 22.7 Å². The molecule has 0 aliphatic heterocycles. The van der Waals surface area contributed by atoms with Gasteiger partial charge in [0.2, 0.25) is 0 Å². The third-order valence-electron chi connectivity index (χ3n) is 2.88. The van der Waals surface area contributed by atoms with Gasteiger partial charge in [-0.15, -0.1) is 13.2 Å². The Bertz CT molecular complexity index is 471. The highest BCUT2D eigenvalue weighted by Crippen LogP contribution is 2.39. The first kappa shape index (κ1) is 13.4. The lowest BCUT2D eigenvalue weighted by Gasteiger charge is -2.16. The van der Waals surface area contributed by atoms with Crippen molar-refractivity contribution in [1.82, 2.24) is 0 Å². The van der Waals surface area contributed by atoms with Gasteiger partial charge in [-0.2, -0.15) is 0 Å². The highest BCUT2D eigenvalue weighted by Gasteiger charge is 2.35. The van der Waals surface area contributed by atoms with Crippen LogP contribution in [0.1, 0.15) is 30.7 Å². The van der Waals surface area contributed by atoms with Crippen LogP contribution in [0.5, 0.6) is 5.75 Å². The molecule has 98 valence electrons. The molecular weight excluding hydrogens is 313 g/mol. The van der Waals surface area contributed by atoms with Crippen LogP contribution in [-0.2, 0) is 4.79 Å². The molecule has 1 atom stereocenters. The minimum absolute atomic E-state index is 0.0238. The number of ketones is 1. The standard InChI is InChI=1S/C12H10BrF3O2/c13-7-4-5-9(8-2-1-3-10(8)17)11(6-7)18-12(14,15)16/h4-6,8H,1-3H2. The fourth-order valence-corrected chi connectivity index (χ4v) is 2.49. The molecule has 6 heteroatoms. The molecule has 0 bridgehead atoms. The monoisotopic (exact) mass is 322 g/mol. The first-order valence-corrected chi connectivity index (χ1v) is 6.24. The van der Waals surface area contributed by atoms with Crippen LogP contribution in [-0.4, -0.2) is 12.1 Å². The second kappa shape index (κ2) is 4.91. The molecule has 1 aromatic rings. The summed E-state index contributed by atoms with van der Waals surface area (Å²) >= 11 is 3.10. The Morgan fingerprint density at radius 3 is 2.61 bits per heavy atom. The molecule has 1 unspecified atom stereocenters. The molecular formula is C12H10BrF3O2. The largest absolute Gasteiger partial charge is 0.573 e. The van der Waals surface area contributed by atoms with E-state index in [0.29, 0.717) is 29.3 Å². The van der Waals surface area contributed by atoms with Crippen LogP contribution < -0.4 is 4.74 Å². The summed E-state index contributed by atoms with van der Waals surface area (Å²) in [7, 11) is 0. The Labute approximate surface area is 110 Å². The van der Waals surface area contributed by atoms with Gasteiger partial charge in [0, 0.05) is 22.4 Å². The lowest BCUT2D eigenvalue weighted by atomic mass is 9.96. The number of ether oxygens (including phenoxy) is 1. The van der Waals surface area contributed by atoms with Gasteiger partial charge in [-0.1, -0.05) is 22.0 Å². The maximum absolute atomic E-state index is 12.3. The molecule has 0 radical (unpaired) electrons. The van der Waals surface area contributed by atoms with Crippen molar-refractivity contribution in [2.24, 2.45) is 0 Å². The number of carbonyl (C=O) groups is 1. The Kier molecular flexibility index (Phi) is 3.66. The number of rotatable bonds is 2. The molecule has 1 saturated carbocycles. The lowest BCUT2D eigenvalue weighted by molar-refractivity contribution is -0.275. The topological polar surface area (TPSA) is 26.3 Å². The SMILES string of the molecule is O=C1CCCC1c1ccc(Br)cc1OC(F)(F)F. The molecule has 0 saturated heterocycles. The van der Waals surface area contributed by atoms with Gasteiger partial charge in [-0.3, -0.25) is 4.79 Å². The molecule has 2 rings (SSSR count). The Hall–Kier alpha value is -1.04. The predicted octanol–water partition coefficient (Wildman–Crippen LogP) is 4.18. The first-order valence-electron chi connectivity index (χ1n) is 5.45. The van der Waals surface area contributed by atoms with Gasteiger partial charge >= 0.3 is 6.36 Å². The zero-order valence-corrected chi connectivity index (χ0v) is 10.8. The number of Topliss-reactive ketones (excluding diaryl/α,β-unsaturated/α-hetero) is 1. The summed E-state index contributed by atoms with van der Waals surface area (Å²) in [5.74, 6) is -0.795. The number of hydrogen-bond donors (Lipinski definition) is 0. The van der Waals surface area contributed by atoms with E-state index in [-0.39, 0.29) is 11.5 Å². The van der Waals surface area contributed by atoms with Gasteiger partial charge in [0.25, 0.3) is 0 Å². The minimum Gasteiger partial charge on any atom is -0.405 e. The zero-order valence-electron chi connectivity index (χ0n) is 9.26. The van der Waals surface area contributed by atoms with Crippen LogP contribution in [0, 0.1) is 0 Å². The number of carbonyl (C=O) groups excluding carboxylic acids is 1. The van der Waals surface area contributed by atoms with Crippen molar-refractivity contribution in [2.75, 3.05) is 0 Å². The summed E-state index contributed by atoms with van der Waals surface area (Å²) in [4.78, 5) is 11.6. The van der Waals surface area contributed by atoms with Gasteiger partial charge < -0.3 is 4.74 Å². The van der Waals surface area contributed by atoms with E-state index in [9.17, 15) is 18.0 Å². The Morgan fingerprint density at radius 1 is 1.33 bits per heavy atom. The van der Waals surface area contributed by atoms with Crippen LogP contribution in [0.2, 0.25) is 0 Å². The summed E-state index contributed by atoms with van der Waals surface area (Å²) in [6.07, 6.45) is -3.04. The number of hydrogen-bond acceptors (Lipinski definition) is 2. The van der Waals surface area contributed by atoms with Gasteiger partial charge in [0.05, 0.1) is 0 Å². The number of halogens is 4. The highest BCUT2D eigenvalue weighted by molar-refractivity contribution is 9.10. The van der Waals surface area contributed by atoms with Crippen molar-refractivity contribution in [3.05, 3.63) is 28.2 Å². The van der Waals surface area contributed by atoms with Crippen LogP contribution >= 0.6 is 15.9 Å². The van der Waals surface area contributed by atoms with E-state index in [1.807, 2.05) is 0 Å². The van der Waals surface area contributed by atoms with Gasteiger partial charge in [0.1, 0.15) is 11.5 Å². The van der Waals surface area contributed by atoms with E-state index in [1.54, 1.807) is 6.07 Å². The fourth-order valence-electron chi connectivity index (χ4n) is 2.15. The molecule has 0 spiro atoms. The van der Waals surface area contributed by atoms with Crippen LogP contribution in [0.25, 0.3) is 0 Å². The van der Waals surface area contributed by atoms with Crippen LogP contribution in [0.4, 0.5) is 13.2 Å². The molecule has 0 heterocycles. The molecule has 0 amide bonds. The molecule has 18 heavy (non-hydrogen) atoms. The highest BCUT2D eigenvalue weighted by atomic mass is 79.9. The van der Waals surface area contributed by atoms with E-state index >= 15 is 0 Å². The smallest absolute Gasteiger partial charge is 0.405 e. The molecule has 1 aromatic carbocycles. The molecule has 0 N–H and O–H groups in total. The van der Waals surface area contributed by atoms with Crippen molar-refractivity contribution in [2.45, 2.75) is 31.5 Å². The molecule has 1 aliphatic carbocycles. The van der Waals surface area contributed by atoms with Crippen molar-refractivity contribution < 1.29 is 22.7 Å². The van der Waals surface area contributed by atoms with Gasteiger partial charge in [-0.25, -0.2) is 0 Å². The van der Waals surface area contributed by atoms with E-state index in [2.05, 4.69) is 20.7 Å². The fraction of sp³-hybridized carbons (Fsp3) is 0.417. The van der Waals surface area contributed by atoms with E-state index in [1.165, 1.54) is 12.1 Å². The van der Waals surface area contributed by atoms with Gasteiger partial charge in [-0.05, 0) is 25.0 Å². The summed E-state index contributed by atoms with van der Waals surface area (Å²) < 4.78 is 41.4. The van der Waals surface area contributed by atoms with Crippen molar-refractivity contribution in [1.29, 1.82) is 0 Å². The lowest BCUT2D eigenvalue weighted by Crippen LogP contribution is -2.19. The summed E-state index contributed by atoms with van der Waals surface area (Å²) in [5.41, 5.74) is 0.318. The maximum atomic E-state index is 12.3. The summed E-state index contributed by atoms with van der Waals surface area (Å²) in [6.45, 7) is 0. The van der Waals surface area contributed by atoms with Crippen molar-refractivity contribution in [3.63, 3.8) is 0 Å². The van der Waals surface area contributed by atoms with E-state index < -0.39 is 12.3 Å². The molecule has 1 aliphatic rings. The third-order valence-corrected chi connectivity index (χ3v) is 3.37. The predicted molar refractivity (Wildman–Crippen MR) is 62.4 cm³/mol. The average Bonchev–Trinajstić information content (AvgIpc) is 2.62. The minimum atomic E-state index is -4.75. The second-order valence-electron chi connectivity index (χ2n) is 4.14. The summed E-state index contributed by atoms with van der Waals surface area (Å²) in [6, 6.07) is 4.37. The van der Waals surface area contributed by atoms with Crippen molar-refractivity contribution in [3.8, 4) is 5.75 Å². The molecule has 0 aromatic heterocycles. The van der Waals surface area contributed by atoms with Crippen LogP contribution in [0.3, 0.4) is 0 Å². The van der Waals surface area contributed by atoms with E-state index in [0.717, 1.165) is 0 Å². The number of alkyl halides is 3. The maximum Gasteiger partial charge on any atom is 0.573 e. The van der Waals surface area contributed by atoms with Gasteiger partial charge in [0.15, 0.2) is 0 Å². The first-order chi connectivity index (χ1) is 8.37. The average molecular weight is 323 g/mol. The zero-order chi connectivity index (χ0) is 13.3. The molecule has 1 fully saturated rings. The Balaban J connectivity index is 2.37.